The van der Waals surface area contributed by atoms with E-state index in [1.807, 2.05) is 0 Å². The zero-order valence-corrected chi connectivity index (χ0v) is 10.6. The molecule has 0 atom stereocenters. The van der Waals surface area contributed by atoms with Crippen LogP contribution in [0.2, 0.25) is 0 Å². The molecule has 0 radical (unpaired) electrons. The third-order valence-corrected chi connectivity index (χ3v) is 2.24. The second-order valence-corrected chi connectivity index (χ2v) is 3.82. The van der Waals surface area contributed by atoms with Gasteiger partial charge in [0.25, 0.3) is 17.5 Å². The van der Waals surface area contributed by atoms with Crippen LogP contribution in [0.4, 0.5) is 11.6 Å². The molecule has 1 aromatic heterocycles. The van der Waals surface area contributed by atoms with E-state index in [-0.39, 0.29) is 18.2 Å². The maximum Gasteiger partial charge on any atom is 0.270 e. The first-order valence-corrected chi connectivity index (χ1v) is 5.64. The van der Waals surface area contributed by atoms with Crippen LogP contribution < -0.4 is 11.2 Å². The number of hydrogen-bond acceptors (Lipinski definition) is 8. The maximum absolute atomic E-state index is 11.5. The van der Waals surface area contributed by atoms with Gasteiger partial charge in [-0.05, 0) is 5.21 Å². The summed E-state index contributed by atoms with van der Waals surface area (Å²) in [7, 11) is 0. The lowest BCUT2D eigenvalue weighted by Gasteiger charge is -1.98. The van der Waals surface area contributed by atoms with Crippen molar-refractivity contribution in [2.45, 2.75) is 6.54 Å². The molecule has 11 nitrogen and oxygen atoms in total. The summed E-state index contributed by atoms with van der Waals surface area (Å²) in [5.74, 6) is -0.531. The zero-order chi connectivity index (χ0) is 15.2. The molecule has 2 aromatic rings. The van der Waals surface area contributed by atoms with Gasteiger partial charge in [-0.15, -0.1) is 5.10 Å². The van der Waals surface area contributed by atoms with E-state index in [0.29, 0.717) is 5.56 Å². The molecule has 0 spiro atoms. The molecule has 0 saturated carbocycles. The molecule has 0 unspecified atom stereocenters. The molecule has 3 N–H and O–H groups in total. The van der Waals surface area contributed by atoms with E-state index in [9.17, 15) is 14.9 Å². The number of amides is 1. The van der Waals surface area contributed by atoms with E-state index in [0.717, 1.165) is 4.80 Å². The number of carbonyl (C=O) groups is 1. The fourth-order valence-corrected chi connectivity index (χ4v) is 1.38. The normalized spacial score (nSPS) is 10.7. The van der Waals surface area contributed by atoms with Gasteiger partial charge in [0.2, 0.25) is 0 Å². The van der Waals surface area contributed by atoms with Crippen LogP contribution in [0.1, 0.15) is 5.56 Å². The minimum atomic E-state index is -0.517. The van der Waals surface area contributed by atoms with Crippen molar-refractivity contribution >= 4 is 23.8 Å². The van der Waals surface area contributed by atoms with E-state index < -0.39 is 10.8 Å². The van der Waals surface area contributed by atoms with Gasteiger partial charge in [-0.2, -0.15) is 9.90 Å². The number of non-ortho nitro benzene ring substituents is 1. The second-order valence-electron chi connectivity index (χ2n) is 3.82. The number of nitro benzene ring substituents is 1. The standard InChI is InChI=1S/C10H10N8O3/c11-10-14-16-17(15-10)6-9(19)13-12-5-7-2-1-3-8(4-7)18(20)21/h1-5H,6H2,(H2,11,15)(H,13,19)/b12-5+. The molecule has 21 heavy (non-hydrogen) atoms. The number of nitro groups is 1. The number of hydrogen-bond donors (Lipinski definition) is 2. The van der Waals surface area contributed by atoms with Crippen molar-refractivity contribution in [3.63, 3.8) is 0 Å². The first kappa shape index (κ1) is 14.0. The minimum Gasteiger partial charge on any atom is -0.365 e. The highest BCUT2D eigenvalue weighted by atomic mass is 16.6. The Labute approximate surface area is 117 Å². The summed E-state index contributed by atoms with van der Waals surface area (Å²) in [6.07, 6.45) is 1.29. The quantitative estimate of drug-likeness (QED) is 0.419. The molecule has 0 bridgehead atoms. The molecule has 11 heteroatoms. The number of benzene rings is 1. The van der Waals surface area contributed by atoms with Crippen LogP contribution in [0.5, 0.6) is 0 Å². The Balaban J connectivity index is 1.91. The Morgan fingerprint density at radius 2 is 2.38 bits per heavy atom. The van der Waals surface area contributed by atoms with Crippen LogP contribution in [0.3, 0.4) is 0 Å². The summed E-state index contributed by atoms with van der Waals surface area (Å²) in [6, 6.07) is 5.82. The Kier molecular flexibility index (Phi) is 4.14. The van der Waals surface area contributed by atoms with Crippen molar-refractivity contribution in [1.82, 2.24) is 25.6 Å². The van der Waals surface area contributed by atoms with E-state index >= 15 is 0 Å². The lowest BCUT2D eigenvalue weighted by molar-refractivity contribution is -0.384. The predicted octanol–water partition coefficient (Wildman–Crippen LogP) is -0.686. The summed E-state index contributed by atoms with van der Waals surface area (Å²) in [5, 5.41) is 24.8. The van der Waals surface area contributed by atoms with Gasteiger partial charge in [-0.3, -0.25) is 14.9 Å². The maximum atomic E-state index is 11.5. The second kappa shape index (κ2) is 6.18. The van der Waals surface area contributed by atoms with Crippen molar-refractivity contribution < 1.29 is 9.72 Å². The number of hydrazone groups is 1. The van der Waals surface area contributed by atoms with E-state index in [4.69, 9.17) is 5.73 Å². The molecule has 1 aromatic carbocycles. The molecule has 1 heterocycles. The number of carbonyl (C=O) groups excluding carboxylic acids is 1. The lowest BCUT2D eigenvalue weighted by atomic mass is 10.2. The first-order valence-electron chi connectivity index (χ1n) is 5.64. The Morgan fingerprint density at radius 3 is 3.05 bits per heavy atom. The molecule has 1 amide bonds. The van der Waals surface area contributed by atoms with E-state index in [1.54, 1.807) is 6.07 Å². The van der Waals surface area contributed by atoms with Crippen LogP contribution in [0, 0.1) is 10.1 Å². The fourth-order valence-electron chi connectivity index (χ4n) is 1.38. The molecule has 0 aliphatic carbocycles. The number of nitrogens with two attached hydrogens (primary N) is 1. The van der Waals surface area contributed by atoms with Gasteiger partial charge in [0.05, 0.1) is 11.1 Å². The van der Waals surface area contributed by atoms with Gasteiger partial charge in [-0.1, -0.05) is 17.2 Å². The van der Waals surface area contributed by atoms with E-state index in [2.05, 4.69) is 25.9 Å². The molecule has 108 valence electrons. The number of nitrogens with one attached hydrogen (secondary N) is 1. The average molecular weight is 290 g/mol. The predicted molar refractivity (Wildman–Crippen MR) is 71.1 cm³/mol. The van der Waals surface area contributed by atoms with Crippen LogP contribution in [-0.4, -0.2) is 37.3 Å². The molecule has 0 fully saturated rings. The zero-order valence-electron chi connectivity index (χ0n) is 10.6. The van der Waals surface area contributed by atoms with Gasteiger partial charge < -0.3 is 5.73 Å². The summed E-state index contributed by atoms with van der Waals surface area (Å²) in [5.41, 5.74) is 7.89. The van der Waals surface area contributed by atoms with Gasteiger partial charge in [-0.25, -0.2) is 5.43 Å². The SMILES string of the molecule is Nc1nnn(CC(=O)N/N=C/c2cccc([N+](=O)[O-])c2)n1. The number of nitrogen functional groups attached to an aromatic ring is 1. The Bertz CT molecular complexity index is 695. The number of rotatable bonds is 5. The van der Waals surface area contributed by atoms with Crippen LogP contribution in [0.25, 0.3) is 0 Å². The Hall–Kier alpha value is -3.37. The molecule has 0 saturated heterocycles. The minimum absolute atomic E-state index is 0.0390. The molecular formula is C10H10N8O3. The van der Waals surface area contributed by atoms with Crippen molar-refractivity contribution in [2.75, 3.05) is 5.73 Å². The highest BCUT2D eigenvalue weighted by molar-refractivity contribution is 5.82. The van der Waals surface area contributed by atoms with Crippen molar-refractivity contribution in [3.8, 4) is 0 Å². The average Bonchev–Trinajstić information content (AvgIpc) is 2.84. The van der Waals surface area contributed by atoms with Crippen molar-refractivity contribution in [3.05, 3.63) is 39.9 Å². The number of anilines is 1. The van der Waals surface area contributed by atoms with Crippen molar-refractivity contribution in [2.24, 2.45) is 5.10 Å². The van der Waals surface area contributed by atoms with Gasteiger partial charge in [0.1, 0.15) is 6.54 Å². The van der Waals surface area contributed by atoms with E-state index in [1.165, 1.54) is 24.4 Å². The molecule has 2 rings (SSSR count). The monoisotopic (exact) mass is 290 g/mol. The summed E-state index contributed by atoms with van der Waals surface area (Å²) < 4.78 is 0. The lowest BCUT2D eigenvalue weighted by Crippen LogP contribution is -2.24. The Morgan fingerprint density at radius 1 is 1.57 bits per heavy atom. The largest absolute Gasteiger partial charge is 0.365 e. The number of aromatic nitrogens is 4. The summed E-state index contributed by atoms with van der Waals surface area (Å²) in [4.78, 5) is 22.6. The van der Waals surface area contributed by atoms with Gasteiger partial charge in [0.15, 0.2) is 0 Å². The topological polar surface area (TPSA) is 154 Å². The summed E-state index contributed by atoms with van der Waals surface area (Å²) in [6.45, 7) is -0.198. The van der Waals surface area contributed by atoms with Crippen LogP contribution in [0.15, 0.2) is 29.4 Å². The van der Waals surface area contributed by atoms with Crippen molar-refractivity contribution in [1.29, 1.82) is 0 Å². The molecule has 0 aliphatic heterocycles. The van der Waals surface area contributed by atoms with Gasteiger partial charge >= 0.3 is 0 Å². The molecule has 0 aliphatic rings. The van der Waals surface area contributed by atoms with Crippen LogP contribution in [-0.2, 0) is 11.3 Å². The highest BCUT2D eigenvalue weighted by Gasteiger charge is 2.06. The van der Waals surface area contributed by atoms with Crippen LogP contribution >= 0.6 is 0 Å². The third-order valence-electron chi connectivity index (χ3n) is 2.24. The van der Waals surface area contributed by atoms with Gasteiger partial charge in [0, 0.05) is 17.7 Å². The first-order chi connectivity index (χ1) is 10.0. The third kappa shape index (κ3) is 4.05. The molecular weight excluding hydrogens is 280 g/mol. The highest BCUT2D eigenvalue weighted by Crippen LogP contribution is 2.11. The number of nitrogens with zero attached hydrogens (tertiary/aromatic N) is 6. The fraction of sp³-hybridized carbons (Fsp3) is 0.100. The number of tetrazole rings is 1. The summed E-state index contributed by atoms with van der Waals surface area (Å²) >= 11 is 0. The smallest absolute Gasteiger partial charge is 0.270 e.